The minimum absolute atomic E-state index is 0.0914. The predicted octanol–water partition coefficient (Wildman–Crippen LogP) is 2.35. The van der Waals surface area contributed by atoms with Crippen LogP contribution in [0, 0.1) is 11.8 Å². The third kappa shape index (κ3) is 4.08. The topological polar surface area (TPSA) is 53.0 Å². The number of rotatable bonds is 2. The first kappa shape index (κ1) is 17.2. The van der Waals surface area contributed by atoms with E-state index in [1.807, 2.05) is 26.8 Å². The van der Waals surface area contributed by atoms with Crippen molar-refractivity contribution in [3.8, 4) is 0 Å². The Morgan fingerprint density at radius 1 is 1.12 bits per heavy atom. The number of amides is 1. The lowest BCUT2D eigenvalue weighted by Gasteiger charge is -2.48. The van der Waals surface area contributed by atoms with Crippen molar-refractivity contribution >= 4 is 6.09 Å². The van der Waals surface area contributed by atoms with Gasteiger partial charge in [0.1, 0.15) is 5.60 Å². The van der Waals surface area contributed by atoms with Crippen LogP contribution >= 0.6 is 0 Å². The summed E-state index contributed by atoms with van der Waals surface area (Å²) in [5.41, 5.74) is 0.803. The normalized spacial score (nSPS) is 27.8. The highest BCUT2D eigenvalue weighted by Gasteiger charge is 2.43. The maximum atomic E-state index is 12.3. The first-order valence-corrected chi connectivity index (χ1v) is 8.74. The van der Waals surface area contributed by atoms with Crippen LogP contribution in [0.2, 0.25) is 0 Å². The molecule has 3 rings (SSSR count). The zero-order chi connectivity index (χ0) is 17.3. The van der Waals surface area contributed by atoms with Crippen molar-refractivity contribution in [1.29, 1.82) is 0 Å². The number of hydrogen-bond donors (Lipinski definition) is 1. The number of nitrogens with zero attached hydrogens (tertiary/aromatic N) is 2. The molecule has 1 N–H and O–H groups in total. The summed E-state index contributed by atoms with van der Waals surface area (Å²) in [5.74, 6) is 0.183. The van der Waals surface area contributed by atoms with Gasteiger partial charge in [0.2, 0.25) is 0 Å². The van der Waals surface area contributed by atoms with Gasteiger partial charge in [0.05, 0.1) is 6.10 Å². The van der Waals surface area contributed by atoms with Gasteiger partial charge in [-0.05, 0) is 26.3 Å². The van der Waals surface area contributed by atoms with Crippen LogP contribution in [-0.4, -0.2) is 58.9 Å². The average Bonchev–Trinajstić information content (AvgIpc) is 2.47. The number of aliphatic hydroxyl groups is 1. The van der Waals surface area contributed by atoms with Crippen LogP contribution < -0.4 is 0 Å². The fraction of sp³-hybridized carbons (Fsp3) is 0.632. The smallest absolute Gasteiger partial charge is 0.410 e. The summed E-state index contributed by atoms with van der Waals surface area (Å²) in [6.07, 6.45) is -0.586. The summed E-state index contributed by atoms with van der Waals surface area (Å²) >= 11 is 0. The molecule has 2 heterocycles. The maximum Gasteiger partial charge on any atom is 0.410 e. The van der Waals surface area contributed by atoms with Crippen LogP contribution in [0.5, 0.6) is 0 Å². The lowest BCUT2D eigenvalue weighted by Crippen LogP contribution is -2.61. The molecule has 0 spiro atoms. The van der Waals surface area contributed by atoms with Crippen LogP contribution in [0.15, 0.2) is 30.3 Å². The summed E-state index contributed by atoms with van der Waals surface area (Å²) in [5, 5.41) is 10.5. The molecule has 2 saturated heterocycles. The summed E-state index contributed by atoms with van der Waals surface area (Å²) in [6.45, 7) is 9.30. The van der Waals surface area contributed by atoms with Crippen molar-refractivity contribution in [3.05, 3.63) is 35.9 Å². The van der Waals surface area contributed by atoms with Gasteiger partial charge < -0.3 is 14.7 Å². The number of benzene rings is 1. The van der Waals surface area contributed by atoms with E-state index in [9.17, 15) is 9.90 Å². The Labute approximate surface area is 144 Å². The Morgan fingerprint density at radius 2 is 1.71 bits per heavy atom. The quantitative estimate of drug-likeness (QED) is 0.903. The minimum atomic E-state index is -0.485. The molecule has 1 amide bonds. The van der Waals surface area contributed by atoms with Gasteiger partial charge in [-0.1, -0.05) is 30.3 Å². The van der Waals surface area contributed by atoms with Gasteiger partial charge in [0.15, 0.2) is 0 Å². The second-order valence-corrected chi connectivity index (χ2v) is 8.08. The molecule has 132 valence electrons. The standard InChI is InChI=1S/C19H28N2O3/c1-19(2,3)24-18(23)21-12-15-10-20(11-16(13-21)17(15)22)9-14-7-5-4-6-8-14/h4-8,15-17,22H,9-13H2,1-3H3. The van der Waals surface area contributed by atoms with Crippen LogP contribution in [0.3, 0.4) is 0 Å². The number of likely N-dealkylation sites (tertiary alicyclic amines) is 2. The van der Waals surface area contributed by atoms with Crippen molar-refractivity contribution in [2.45, 2.75) is 39.0 Å². The molecule has 5 nitrogen and oxygen atoms in total. The fourth-order valence-corrected chi connectivity index (χ4v) is 3.76. The number of hydrogen-bond acceptors (Lipinski definition) is 4. The van der Waals surface area contributed by atoms with Crippen molar-refractivity contribution in [1.82, 2.24) is 9.80 Å². The highest BCUT2D eigenvalue weighted by atomic mass is 16.6. The molecule has 2 aliphatic heterocycles. The molecular formula is C19H28N2O3. The third-order valence-electron chi connectivity index (χ3n) is 4.76. The van der Waals surface area contributed by atoms with Gasteiger partial charge in [-0.3, -0.25) is 4.90 Å². The molecule has 24 heavy (non-hydrogen) atoms. The Morgan fingerprint density at radius 3 is 2.25 bits per heavy atom. The van der Waals surface area contributed by atoms with E-state index in [2.05, 4.69) is 29.2 Å². The molecule has 1 aromatic carbocycles. The van der Waals surface area contributed by atoms with Gasteiger partial charge in [-0.25, -0.2) is 4.79 Å². The zero-order valence-corrected chi connectivity index (χ0v) is 14.8. The number of carbonyl (C=O) groups is 1. The SMILES string of the molecule is CC(C)(C)OC(=O)N1CC2CN(Cc3ccccc3)CC(C1)C2O. The summed E-state index contributed by atoms with van der Waals surface area (Å²) in [6, 6.07) is 10.4. The summed E-state index contributed by atoms with van der Waals surface area (Å²) in [7, 11) is 0. The van der Waals surface area contributed by atoms with Crippen molar-refractivity contribution in [3.63, 3.8) is 0 Å². The van der Waals surface area contributed by atoms with E-state index in [4.69, 9.17) is 4.74 Å². The lowest BCUT2D eigenvalue weighted by atomic mass is 9.81. The van der Waals surface area contributed by atoms with E-state index in [1.54, 1.807) is 4.90 Å². The van der Waals surface area contributed by atoms with E-state index in [1.165, 1.54) is 5.56 Å². The molecule has 2 aliphatic rings. The number of piperidine rings is 2. The summed E-state index contributed by atoms with van der Waals surface area (Å²) < 4.78 is 5.49. The Balaban J connectivity index is 1.62. The van der Waals surface area contributed by atoms with Crippen LogP contribution in [-0.2, 0) is 11.3 Å². The highest BCUT2D eigenvalue weighted by molar-refractivity contribution is 5.68. The van der Waals surface area contributed by atoms with Gasteiger partial charge in [-0.15, -0.1) is 0 Å². The third-order valence-corrected chi connectivity index (χ3v) is 4.76. The molecule has 0 radical (unpaired) electrons. The molecule has 0 saturated carbocycles. The molecule has 2 atom stereocenters. The predicted molar refractivity (Wildman–Crippen MR) is 92.5 cm³/mol. The van der Waals surface area contributed by atoms with Crippen molar-refractivity contribution in [2.75, 3.05) is 26.2 Å². The second kappa shape index (κ2) is 6.73. The van der Waals surface area contributed by atoms with Crippen LogP contribution in [0.1, 0.15) is 26.3 Å². The molecular weight excluding hydrogens is 304 g/mol. The molecule has 2 fully saturated rings. The first-order valence-electron chi connectivity index (χ1n) is 8.74. The number of ether oxygens (including phenoxy) is 1. The zero-order valence-electron chi connectivity index (χ0n) is 14.8. The highest BCUT2D eigenvalue weighted by Crippen LogP contribution is 2.30. The van der Waals surface area contributed by atoms with E-state index < -0.39 is 5.60 Å². The molecule has 1 aromatic rings. The van der Waals surface area contributed by atoms with Gasteiger partial charge in [-0.2, -0.15) is 0 Å². The molecule has 2 unspecified atom stereocenters. The van der Waals surface area contributed by atoms with E-state index in [-0.39, 0.29) is 24.0 Å². The van der Waals surface area contributed by atoms with Gasteiger partial charge >= 0.3 is 6.09 Å². The molecule has 0 aliphatic carbocycles. The van der Waals surface area contributed by atoms with E-state index in [0.717, 1.165) is 19.6 Å². The Bertz CT molecular complexity index is 554. The number of carbonyl (C=O) groups excluding carboxylic acids is 1. The fourth-order valence-electron chi connectivity index (χ4n) is 3.76. The minimum Gasteiger partial charge on any atom is -0.444 e. The van der Waals surface area contributed by atoms with Gasteiger partial charge in [0.25, 0.3) is 0 Å². The Kier molecular flexibility index (Phi) is 4.83. The van der Waals surface area contributed by atoms with E-state index >= 15 is 0 Å². The monoisotopic (exact) mass is 332 g/mol. The summed E-state index contributed by atoms with van der Waals surface area (Å²) in [4.78, 5) is 16.5. The average molecular weight is 332 g/mol. The molecule has 5 heteroatoms. The van der Waals surface area contributed by atoms with Crippen LogP contribution in [0.4, 0.5) is 4.79 Å². The largest absolute Gasteiger partial charge is 0.444 e. The lowest BCUT2D eigenvalue weighted by molar-refractivity contribution is -0.0817. The maximum absolute atomic E-state index is 12.3. The van der Waals surface area contributed by atoms with E-state index in [0.29, 0.717) is 13.1 Å². The Hall–Kier alpha value is -1.59. The molecule has 2 bridgehead atoms. The van der Waals surface area contributed by atoms with Gasteiger partial charge in [0, 0.05) is 44.6 Å². The molecule has 0 aromatic heterocycles. The second-order valence-electron chi connectivity index (χ2n) is 8.08. The first-order chi connectivity index (χ1) is 11.3. The van der Waals surface area contributed by atoms with Crippen molar-refractivity contribution < 1.29 is 14.6 Å². The van der Waals surface area contributed by atoms with Crippen molar-refractivity contribution in [2.24, 2.45) is 11.8 Å². The number of aliphatic hydroxyl groups excluding tert-OH is 1. The number of fused-ring (bicyclic) bond motifs is 2. The van der Waals surface area contributed by atoms with Crippen LogP contribution in [0.25, 0.3) is 0 Å².